The van der Waals surface area contributed by atoms with Crippen LogP contribution in [0.2, 0.25) is 0 Å². The molecule has 4 heterocycles. The van der Waals surface area contributed by atoms with E-state index in [0.717, 1.165) is 16.6 Å². The van der Waals surface area contributed by atoms with Crippen LogP contribution in [0.15, 0.2) is 42.7 Å². The zero-order valence-electron chi connectivity index (χ0n) is 19.3. The lowest BCUT2D eigenvalue weighted by Crippen LogP contribution is -2.37. The smallest absolute Gasteiger partial charge is 0.248 e. The standard InChI is InChI=1S/C23H25N8O3P/c1-35(2,34)17-6-4-3-5-16(17)27-22-20-21(25-13-24-20)29-23(30-22)28-18-8-7-14-11-31(19(33)12-32)10-9-15(14)26-18/h3-8,13,32H,9-12H2,1-2H3,(H3,24,25,26,27,28,29,30). The minimum atomic E-state index is -2.53. The van der Waals surface area contributed by atoms with Gasteiger partial charge < -0.3 is 30.2 Å². The Bertz CT molecular complexity index is 1460. The van der Waals surface area contributed by atoms with E-state index in [1.54, 1.807) is 30.6 Å². The van der Waals surface area contributed by atoms with E-state index >= 15 is 0 Å². The Kier molecular flexibility index (Phi) is 5.96. The van der Waals surface area contributed by atoms with E-state index in [0.29, 0.717) is 53.9 Å². The number of aromatic amines is 1. The van der Waals surface area contributed by atoms with E-state index in [2.05, 4.69) is 35.6 Å². The van der Waals surface area contributed by atoms with Gasteiger partial charge in [0.25, 0.3) is 0 Å². The second kappa shape index (κ2) is 9.09. The topological polar surface area (TPSA) is 149 Å². The number of anilines is 4. The number of carbonyl (C=O) groups is 1. The molecule has 0 unspecified atom stereocenters. The number of hydrogen-bond acceptors (Lipinski definition) is 9. The van der Waals surface area contributed by atoms with Crippen molar-refractivity contribution in [1.29, 1.82) is 0 Å². The molecule has 0 aliphatic carbocycles. The number of imidazole rings is 1. The number of nitrogens with one attached hydrogen (secondary N) is 3. The molecule has 1 aliphatic rings. The highest BCUT2D eigenvalue weighted by Gasteiger charge is 2.22. The van der Waals surface area contributed by atoms with Crippen molar-refractivity contribution in [3.8, 4) is 0 Å². The summed E-state index contributed by atoms with van der Waals surface area (Å²) in [6.07, 6.45) is 2.13. The lowest BCUT2D eigenvalue weighted by atomic mass is 10.1. The second-order valence-corrected chi connectivity index (χ2v) is 11.8. The zero-order chi connectivity index (χ0) is 24.6. The Morgan fingerprint density at radius 3 is 2.77 bits per heavy atom. The van der Waals surface area contributed by atoms with E-state index < -0.39 is 13.7 Å². The molecule has 0 fully saturated rings. The predicted molar refractivity (Wildman–Crippen MR) is 134 cm³/mol. The lowest BCUT2D eigenvalue weighted by molar-refractivity contribution is -0.135. The summed E-state index contributed by atoms with van der Waals surface area (Å²) in [5.74, 6) is 1.08. The summed E-state index contributed by atoms with van der Waals surface area (Å²) in [4.78, 5) is 34.5. The monoisotopic (exact) mass is 492 g/mol. The van der Waals surface area contributed by atoms with Crippen LogP contribution in [0.5, 0.6) is 0 Å². The quantitative estimate of drug-likeness (QED) is 0.298. The molecule has 5 rings (SSSR count). The molecule has 0 atom stereocenters. The summed E-state index contributed by atoms with van der Waals surface area (Å²) < 4.78 is 12.8. The number of fused-ring (bicyclic) bond motifs is 2. The third-order valence-corrected chi connectivity index (χ3v) is 7.35. The van der Waals surface area contributed by atoms with Gasteiger partial charge in [0.2, 0.25) is 11.9 Å². The summed E-state index contributed by atoms with van der Waals surface area (Å²) in [6, 6.07) is 11.2. The number of nitrogens with zero attached hydrogens (tertiary/aromatic N) is 5. The highest BCUT2D eigenvalue weighted by atomic mass is 31.2. The number of benzene rings is 1. The maximum Gasteiger partial charge on any atom is 0.248 e. The van der Waals surface area contributed by atoms with Crippen LogP contribution in [0.25, 0.3) is 11.2 Å². The Balaban J connectivity index is 1.44. The number of aliphatic hydroxyl groups excluding tert-OH is 1. The molecule has 1 amide bonds. The van der Waals surface area contributed by atoms with Crippen LogP contribution in [-0.4, -0.2) is 67.3 Å². The molecule has 0 spiro atoms. The first-order valence-electron chi connectivity index (χ1n) is 11.1. The van der Waals surface area contributed by atoms with Crippen molar-refractivity contribution in [2.24, 2.45) is 0 Å². The molecule has 0 saturated heterocycles. The number of para-hydroxylation sites is 1. The average Bonchev–Trinajstić information content (AvgIpc) is 3.32. The number of aliphatic hydroxyl groups is 1. The second-order valence-electron chi connectivity index (χ2n) is 8.64. The molecular formula is C23H25N8O3P. The minimum absolute atomic E-state index is 0.289. The summed E-state index contributed by atoms with van der Waals surface area (Å²) in [7, 11) is -2.53. The molecular weight excluding hydrogens is 467 g/mol. The van der Waals surface area contributed by atoms with E-state index in [1.807, 2.05) is 30.3 Å². The SMILES string of the molecule is CP(C)(=O)c1ccccc1Nc1nc(Nc2ccc3c(n2)CCN(C(=O)CO)C3)nc2nc[nH]c12. The molecule has 11 nitrogen and oxygen atoms in total. The highest BCUT2D eigenvalue weighted by Crippen LogP contribution is 2.38. The van der Waals surface area contributed by atoms with Crippen LogP contribution < -0.4 is 15.9 Å². The fourth-order valence-corrected chi connectivity index (χ4v) is 5.22. The maximum atomic E-state index is 12.8. The number of hydrogen-bond donors (Lipinski definition) is 4. The molecule has 4 N–H and O–H groups in total. The van der Waals surface area contributed by atoms with E-state index in [-0.39, 0.29) is 5.91 Å². The number of carbonyl (C=O) groups excluding carboxylic acids is 1. The van der Waals surface area contributed by atoms with Gasteiger partial charge in [-0.05, 0) is 37.1 Å². The minimum Gasteiger partial charge on any atom is -0.387 e. The van der Waals surface area contributed by atoms with E-state index in [1.165, 1.54) is 0 Å². The highest BCUT2D eigenvalue weighted by molar-refractivity contribution is 7.70. The van der Waals surface area contributed by atoms with Gasteiger partial charge in [0.05, 0.1) is 12.0 Å². The van der Waals surface area contributed by atoms with Crippen LogP contribution in [0.4, 0.5) is 23.3 Å². The van der Waals surface area contributed by atoms with Crippen LogP contribution in [0.3, 0.4) is 0 Å². The van der Waals surface area contributed by atoms with Crippen molar-refractivity contribution >= 4 is 52.8 Å². The van der Waals surface area contributed by atoms with Crippen molar-refractivity contribution in [3.05, 3.63) is 54.0 Å². The number of rotatable bonds is 6. The fraction of sp³-hybridized carbons (Fsp3) is 0.261. The van der Waals surface area contributed by atoms with Crippen molar-refractivity contribution in [3.63, 3.8) is 0 Å². The molecule has 1 aliphatic heterocycles. The van der Waals surface area contributed by atoms with Gasteiger partial charge in [-0.2, -0.15) is 9.97 Å². The van der Waals surface area contributed by atoms with Gasteiger partial charge in [-0.25, -0.2) is 9.97 Å². The van der Waals surface area contributed by atoms with Gasteiger partial charge >= 0.3 is 0 Å². The Labute approximate surface area is 201 Å². The maximum absolute atomic E-state index is 12.8. The van der Waals surface area contributed by atoms with Gasteiger partial charge in [0.1, 0.15) is 25.1 Å². The molecule has 3 aromatic heterocycles. The molecule has 12 heteroatoms. The first-order chi connectivity index (χ1) is 16.8. The fourth-order valence-electron chi connectivity index (χ4n) is 4.07. The first-order valence-corrected chi connectivity index (χ1v) is 13.7. The first kappa shape index (κ1) is 22.9. The van der Waals surface area contributed by atoms with Crippen molar-refractivity contribution < 1.29 is 14.5 Å². The molecule has 1 aromatic carbocycles. The van der Waals surface area contributed by atoms with Crippen molar-refractivity contribution in [2.75, 3.05) is 37.1 Å². The number of H-pyrrole nitrogens is 1. The summed E-state index contributed by atoms with van der Waals surface area (Å²) in [5.41, 5.74) is 3.62. The largest absolute Gasteiger partial charge is 0.387 e. The van der Waals surface area contributed by atoms with Crippen LogP contribution in [-0.2, 0) is 22.3 Å². The molecule has 180 valence electrons. The van der Waals surface area contributed by atoms with Crippen LogP contribution in [0.1, 0.15) is 11.3 Å². The Hall–Kier alpha value is -3.82. The molecule has 0 bridgehead atoms. The lowest BCUT2D eigenvalue weighted by Gasteiger charge is -2.28. The molecule has 4 aromatic rings. The van der Waals surface area contributed by atoms with Gasteiger partial charge in [-0.15, -0.1) is 0 Å². The van der Waals surface area contributed by atoms with Crippen LogP contribution >= 0.6 is 7.14 Å². The molecule has 0 saturated carbocycles. The van der Waals surface area contributed by atoms with Gasteiger partial charge in [-0.1, -0.05) is 18.2 Å². The predicted octanol–water partition coefficient (Wildman–Crippen LogP) is 2.36. The number of amides is 1. The normalized spacial score (nSPS) is 13.5. The average molecular weight is 492 g/mol. The number of aromatic nitrogens is 5. The van der Waals surface area contributed by atoms with Gasteiger partial charge in [0, 0.05) is 30.5 Å². The Morgan fingerprint density at radius 2 is 1.97 bits per heavy atom. The van der Waals surface area contributed by atoms with Crippen LogP contribution in [0, 0.1) is 0 Å². The number of pyridine rings is 1. The van der Waals surface area contributed by atoms with E-state index in [4.69, 9.17) is 5.11 Å². The third kappa shape index (κ3) is 4.73. The summed E-state index contributed by atoms with van der Waals surface area (Å²) >= 11 is 0. The van der Waals surface area contributed by atoms with Gasteiger partial charge in [0.15, 0.2) is 11.5 Å². The van der Waals surface area contributed by atoms with E-state index in [9.17, 15) is 9.36 Å². The molecule has 0 radical (unpaired) electrons. The van der Waals surface area contributed by atoms with Gasteiger partial charge in [-0.3, -0.25) is 4.79 Å². The Morgan fingerprint density at radius 1 is 1.14 bits per heavy atom. The summed E-state index contributed by atoms with van der Waals surface area (Å²) in [5, 5.41) is 16.3. The zero-order valence-corrected chi connectivity index (χ0v) is 20.2. The third-order valence-electron chi connectivity index (χ3n) is 5.80. The molecule has 35 heavy (non-hydrogen) atoms. The van der Waals surface area contributed by atoms with Crippen molar-refractivity contribution in [2.45, 2.75) is 13.0 Å². The summed E-state index contributed by atoms with van der Waals surface area (Å²) in [6.45, 7) is 3.89. The van der Waals surface area contributed by atoms with Crippen molar-refractivity contribution in [1.82, 2.24) is 29.8 Å².